The summed E-state index contributed by atoms with van der Waals surface area (Å²) in [5.74, 6) is -0.492. The minimum absolute atomic E-state index is 0.0650. The van der Waals surface area contributed by atoms with Crippen molar-refractivity contribution >= 4 is 11.8 Å². The second-order valence-corrected chi connectivity index (χ2v) is 5.94. The number of carbonyl (C=O) groups is 2. The molecule has 1 aliphatic rings. The van der Waals surface area contributed by atoms with Gasteiger partial charge in [-0.2, -0.15) is 0 Å². The number of hydrogen-bond donors (Lipinski definition) is 0. The maximum atomic E-state index is 12.8. The van der Waals surface area contributed by atoms with Crippen LogP contribution in [0.15, 0.2) is 60.7 Å². The minimum atomic E-state index is -0.869. The molecule has 2 aromatic rings. The van der Waals surface area contributed by atoms with Crippen molar-refractivity contribution in [2.45, 2.75) is 31.8 Å². The van der Waals surface area contributed by atoms with Gasteiger partial charge in [-0.25, -0.2) is 0 Å². The van der Waals surface area contributed by atoms with Crippen molar-refractivity contribution in [2.24, 2.45) is 5.92 Å². The van der Waals surface area contributed by atoms with Crippen LogP contribution in [0.3, 0.4) is 0 Å². The monoisotopic (exact) mass is 308 g/mol. The Bertz CT molecular complexity index is 658. The Morgan fingerprint density at radius 3 is 2.04 bits per heavy atom. The molecular formula is C20H20O3. The molecule has 23 heavy (non-hydrogen) atoms. The summed E-state index contributed by atoms with van der Waals surface area (Å²) in [4.78, 5) is 25.2. The number of rotatable bonds is 5. The van der Waals surface area contributed by atoms with Crippen LogP contribution in [-0.4, -0.2) is 11.8 Å². The standard InChI is InChI=1S/C20H20O3/c21-18(15-9-3-1-4-10-15)19(16-11-5-2-6-12-16)23-20(22)17-13-7-8-14-17/h1-6,9-12,17,19H,7-8,13-14H2. The van der Waals surface area contributed by atoms with E-state index in [1.54, 1.807) is 12.1 Å². The van der Waals surface area contributed by atoms with Crippen LogP contribution in [0, 0.1) is 5.92 Å². The number of ketones is 1. The number of ether oxygens (including phenoxy) is 1. The Kier molecular flexibility index (Phi) is 4.86. The maximum absolute atomic E-state index is 12.8. The molecular weight excluding hydrogens is 288 g/mol. The zero-order valence-electron chi connectivity index (χ0n) is 13.0. The highest BCUT2D eigenvalue weighted by molar-refractivity contribution is 6.01. The first kappa shape index (κ1) is 15.5. The molecule has 1 atom stereocenters. The Balaban J connectivity index is 1.85. The molecule has 3 nitrogen and oxygen atoms in total. The van der Waals surface area contributed by atoms with E-state index in [4.69, 9.17) is 4.74 Å². The fourth-order valence-corrected chi connectivity index (χ4v) is 3.03. The van der Waals surface area contributed by atoms with E-state index in [1.807, 2.05) is 48.5 Å². The van der Waals surface area contributed by atoms with Crippen LogP contribution in [-0.2, 0) is 9.53 Å². The number of hydrogen-bond acceptors (Lipinski definition) is 3. The van der Waals surface area contributed by atoms with Crippen molar-refractivity contribution in [3.8, 4) is 0 Å². The molecule has 0 saturated heterocycles. The van der Waals surface area contributed by atoms with E-state index in [-0.39, 0.29) is 17.7 Å². The normalized spacial score (nSPS) is 16.0. The van der Waals surface area contributed by atoms with Gasteiger partial charge in [-0.1, -0.05) is 73.5 Å². The lowest BCUT2D eigenvalue weighted by Gasteiger charge is -2.19. The molecule has 1 aliphatic carbocycles. The van der Waals surface area contributed by atoms with Gasteiger partial charge >= 0.3 is 5.97 Å². The Labute approximate surface area is 136 Å². The third-order valence-corrected chi connectivity index (χ3v) is 4.32. The van der Waals surface area contributed by atoms with Gasteiger partial charge in [0.05, 0.1) is 5.92 Å². The number of esters is 1. The molecule has 0 N–H and O–H groups in total. The van der Waals surface area contributed by atoms with Crippen molar-refractivity contribution in [1.82, 2.24) is 0 Å². The maximum Gasteiger partial charge on any atom is 0.310 e. The summed E-state index contributed by atoms with van der Waals surface area (Å²) in [6, 6.07) is 18.2. The van der Waals surface area contributed by atoms with Gasteiger partial charge in [0.2, 0.25) is 5.78 Å². The predicted molar refractivity (Wildman–Crippen MR) is 88.0 cm³/mol. The van der Waals surface area contributed by atoms with E-state index in [0.29, 0.717) is 11.1 Å². The fourth-order valence-electron chi connectivity index (χ4n) is 3.03. The smallest absolute Gasteiger partial charge is 0.310 e. The SMILES string of the molecule is O=C(OC(C(=O)c1ccccc1)c1ccccc1)C1CCCC1. The third-order valence-electron chi connectivity index (χ3n) is 4.32. The third kappa shape index (κ3) is 3.67. The van der Waals surface area contributed by atoms with Crippen LogP contribution in [0.4, 0.5) is 0 Å². The van der Waals surface area contributed by atoms with Gasteiger partial charge in [0.15, 0.2) is 6.10 Å². The second kappa shape index (κ2) is 7.23. The summed E-state index contributed by atoms with van der Waals surface area (Å²) < 4.78 is 5.65. The first-order chi connectivity index (χ1) is 11.3. The van der Waals surface area contributed by atoms with E-state index in [0.717, 1.165) is 25.7 Å². The van der Waals surface area contributed by atoms with Crippen LogP contribution in [0.5, 0.6) is 0 Å². The molecule has 0 amide bonds. The highest BCUT2D eigenvalue weighted by Gasteiger charge is 2.31. The number of benzene rings is 2. The molecule has 3 heteroatoms. The molecule has 1 unspecified atom stereocenters. The highest BCUT2D eigenvalue weighted by Crippen LogP contribution is 2.29. The minimum Gasteiger partial charge on any atom is -0.449 e. The summed E-state index contributed by atoms with van der Waals surface area (Å²) in [5.41, 5.74) is 1.27. The van der Waals surface area contributed by atoms with Crippen LogP contribution < -0.4 is 0 Å². The van der Waals surface area contributed by atoms with Crippen LogP contribution >= 0.6 is 0 Å². The topological polar surface area (TPSA) is 43.4 Å². The molecule has 0 aliphatic heterocycles. The van der Waals surface area contributed by atoms with Gasteiger partial charge in [-0.05, 0) is 12.8 Å². The quantitative estimate of drug-likeness (QED) is 0.609. The molecule has 1 saturated carbocycles. The zero-order valence-corrected chi connectivity index (χ0v) is 13.0. The molecule has 1 fully saturated rings. The lowest BCUT2D eigenvalue weighted by Crippen LogP contribution is -2.23. The second-order valence-electron chi connectivity index (χ2n) is 5.94. The summed E-state index contributed by atoms with van der Waals surface area (Å²) in [7, 11) is 0. The van der Waals surface area contributed by atoms with Crippen molar-refractivity contribution in [3.63, 3.8) is 0 Å². The van der Waals surface area contributed by atoms with Crippen molar-refractivity contribution in [1.29, 1.82) is 0 Å². The van der Waals surface area contributed by atoms with E-state index < -0.39 is 6.10 Å². The summed E-state index contributed by atoms with van der Waals surface area (Å²) >= 11 is 0. The lowest BCUT2D eigenvalue weighted by atomic mass is 9.99. The van der Waals surface area contributed by atoms with Crippen LogP contribution in [0.1, 0.15) is 47.7 Å². The van der Waals surface area contributed by atoms with Gasteiger partial charge in [0.25, 0.3) is 0 Å². The first-order valence-electron chi connectivity index (χ1n) is 8.10. The van der Waals surface area contributed by atoms with E-state index in [2.05, 4.69) is 0 Å². The van der Waals surface area contributed by atoms with E-state index >= 15 is 0 Å². The average molecular weight is 308 g/mol. The summed E-state index contributed by atoms with van der Waals surface area (Å²) in [6.07, 6.45) is 2.97. The molecule has 0 aromatic heterocycles. The molecule has 2 aromatic carbocycles. The first-order valence-corrected chi connectivity index (χ1v) is 8.10. The van der Waals surface area contributed by atoms with Crippen molar-refractivity contribution in [3.05, 3.63) is 71.8 Å². The molecule has 3 rings (SSSR count). The Morgan fingerprint density at radius 2 is 1.43 bits per heavy atom. The average Bonchev–Trinajstić information content (AvgIpc) is 3.15. The van der Waals surface area contributed by atoms with Crippen molar-refractivity contribution in [2.75, 3.05) is 0 Å². The van der Waals surface area contributed by atoms with Gasteiger partial charge in [-0.15, -0.1) is 0 Å². The van der Waals surface area contributed by atoms with Gasteiger partial charge < -0.3 is 4.74 Å². The zero-order chi connectivity index (χ0) is 16.1. The van der Waals surface area contributed by atoms with E-state index in [9.17, 15) is 9.59 Å². The number of carbonyl (C=O) groups excluding carboxylic acids is 2. The Hall–Kier alpha value is -2.42. The lowest BCUT2D eigenvalue weighted by molar-refractivity contribution is -0.152. The number of Topliss-reactive ketones (excluding diaryl/α,β-unsaturated/α-hetero) is 1. The largest absolute Gasteiger partial charge is 0.449 e. The molecule has 0 radical (unpaired) electrons. The predicted octanol–water partition coefficient (Wildman–Crippen LogP) is 4.34. The molecule has 0 bridgehead atoms. The van der Waals surface area contributed by atoms with Gasteiger partial charge in [-0.3, -0.25) is 9.59 Å². The van der Waals surface area contributed by atoms with E-state index in [1.165, 1.54) is 0 Å². The molecule has 0 heterocycles. The molecule has 0 spiro atoms. The molecule has 118 valence electrons. The Morgan fingerprint density at radius 1 is 0.870 bits per heavy atom. The van der Waals surface area contributed by atoms with Crippen molar-refractivity contribution < 1.29 is 14.3 Å². The summed E-state index contributed by atoms with van der Waals surface area (Å²) in [5, 5.41) is 0. The van der Waals surface area contributed by atoms with Gasteiger partial charge in [0, 0.05) is 11.1 Å². The fraction of sp³-hybridized carbons (Fsp3) is 0.300. The van der Waals surface area contributed by atoms with Crippen LogP contribution in [0.2, 0.25) is 0 Å². The van der Waals surface area contributed by atoms with Gasteiger partial charge in [0.1, 0.15) is 0 Å². The summed E-state index contributed by atoms with van der Waals surface area (Å²) in [6.45, 7) is 0. The highest BCUT2D eigenvalue weighted by atomic mass is 16.5. The van der Waals surface area contributed by atoms with Crippen LogP contribution in [0.25, 0.3) is 0 Å².